The van der Waals surface area contributed by atoms with Gasteiger partial charge in [0.25, 0.3) is 5.69 Å². The number of hydrogen-bond acceptors (Lipinski definition) is 5. The smallest absolute Gasteiger partial charge is 0.410 e. The van der Waals surface area contributed by atoms with Crippen molar-refractivity contribution in [2.75, 3.05) is 31.1 Å². The zero-order valence-corrected chi connectivity index (χ0v) is 14.3. The van der Waals surface area contributed by atoms with Crippen molar-refractivity contribution in [3.05, 3.63) is 34.4 Å². The van der Waals surface area contributed by atoms with Crippen LogP contribution in [-0.2, 0) is 4.74 Å². The summed E-state index contributed by atoms with van der Waals surface area (Å²) in [5.41, 5.74) is 0.750. The van der Waals surface area contributed by atoms with Gasteiger partial charge < -0.3 is 14.5 Å². The lowest BCUT2D eigenvalue weighted by atomic mass is 9.79. The first-order valence-corrected chi connectivity index (χ1v) is 8.15. The predicted octanol–water partition coefficient (Wildman–Crippen LogP) is 3.04. The normalized spacial score (nSPS) is 19.3. The molecule has 1 aromatic carbocycles. The highest BCUT2D eigenvalue weighted by Crippen LogP contribution is 2.41. The fourth-order valence-corrected chi connectivity index (χ4v) is 3.42. The van der Waals surface area contributed by atoms with E-state index in [9.17, 15) is 14.9 Å². The topological polar surface area (TPSA) is 75.9 Å². The Labute approximate surface area is 141 Å². The van der Waals surface area contributed by atoms with Gasteiger partial charge in [0.2, 0.25) is 0 Å². The minimum absolute atomic E-state index is 0.104. The number of likely N-dealkylation sites (tertiary alicyclic amines) is 1. The van der Waals surface area contributed by atoms with Crippen LogP contribution in [0.2, 0.25) is 0 Å². The number of nitro benzene ring substituents is 1. The fraction of sp³-hybridized carbons (Fsp3) is 0.588. The standard InChI is InChI=1S/C17H23N3O4/c1-16(2,3)24-15(21)19-11-17(12-19)8-9-18(10-17)13-4-6-14(7-5-13)20(22)23/h4-7H,8-12H2,1-3H3. The van der Waals surface area contributed by atoms with E-state index < -0.39 is 5.60 Å². The first-order valence-electron chi connectivity index (χ1n) is 8.15. The van der Waals surface area contributed by atoms with Crippen molar-refractivity contribution >= 4 is 17.5 Å². The van der Waals surface area contributed by atoms with E-state index in [-0.39, 0.29) is 22.1 Å². The molecule has 0 saturated carbocycles. The van der Waals surface area contributed by atoms with Gasteiger partial charge in [-0.25, -0.2) is 4.79 Å². The first kappa shape index (κ1) is 16.5. The Balaban J connectivity index is 1.57. The Morgan fingerprint density at radius 2 is 1.83 bits per heavy atom. The quantitative estimate of drug-likeness (QED) is 0.614. The molecule has 1 spiro atoms. The van der Waals surface area contributed by atoms with Gasteiger partial charge in [-0.1, -0.05) is 0 Å². The summed E-state index contributed by atoms with van der Waals surface area (Å²) in [7, 11) is 0. The molecule has 0 bridgehead atoms. The number of hydrogen-bond donors (Lipinski definition) is 0. The van der Waals surface area contributed by atoms with Crippen LogP contribution in [0.3, 0.4) is 0 Å². The van der Waals surface area contributed by atoms with Gasteiger partial charge in [-0.05, 0) is 39.3 Å². The third-order valence-electron chi connectivity index (χ3n) is 4.57. The predicted molar refractivity (Wildman–Crippen MR) is 90.2 cm³/mol. The van der Waals surface area contributed by atoms with Gasteiger partial charge in [-0.15, -0.1) is 0 Å². The Morgan fingerprint density at radius 3 is 2.38 bits per heavy atom. The number of rotatable bonds is 2. The Bertz CT molecular complexity index is 645. The zero-order chi connectivity index (χ0) is 17.5. The average molecular weight is 333 g/mol. The monoisotopic (exact) mass is 333 g/mol. The molecule has 0 aromatic heterocycles. The highest BCUT2D eigenvalue weighted by molar-refractivity contribution is 5.69. The fourth-order valence-electron chi connectivity index (χ4n) is 3.42. The minimum Gasteiger partial charge on any atom is -0.444 e. The number of ether oxygens (including phenoxy) is 1. The van der Waals surface area contributed by atoms with Crippen molar-refractivity contribution < 1.29 is 14.5 Å². The number of benzene rings is 1. The van der Waals surface area contributed by atoms with E-state index in [2.05, 4.69) is 4.90 Å². The summed E-state index contributed by atoms with van der Waals surface area (Å²) in [6.07, 6.45) is 0.769. The second-order valence-corrected chi connectivity index (χ2v) is 7.78. The van der Waals surface area contributed by atoms with E-state index in [0.29, 0.717) is 13.1 Å². The Hall–Kier alpha value is -2.31. The van der Waals surface area contributed by atoms with Crippen LogP contribution in [0.4, 0.5) is 16.2 Å². The van der Waals surface area contributed by atoms with Crippen molar-refractivity contribution in [1.29, 1.82) is 0 Å². The zero-order valence-electron chi connectivity index (χ0n) is 14.3. The number of nitro groups is 1. The molecule has 2 saturated heterocycles. The maximum atomic E-state index is 12.1. The van der Waals surface area contributed by atoms with E-state index in [1.807, 2.05) is 20.8 Å². The highest BCUT2D eigenvalue weighted by Gasteiger charge is 2.50. The Kier molecular flexibility index (Phi) is 3.89. The summed E-state index contributed by atoms with van der Waals surface area (Å²) in [6, 6.07) is 6.66. The van der Waals surface area contributed by atoms with Gasteiger partial charge in [0, 0.05) is 49.4 Å². The molecule has 7 nitrogen and oxygen atoms in total. The van der Waals surface area contributed by atoms with Gasteiger partial charge >= 0.3 is 6.09 Å². The number of anilines is 1. The number of carbonyl (C=O) groups excluding carboxylic acids is 1. The number of nitrogens with zero attached hydrogens (tertiary/aromatic N) is 3. The van der Waals surface area contributed by atoms with Gasteiger partial charge in [-0.2, -0.15) is 0 Å². The van der Waals surface area contributed by atoms with Crippen LogP contribution in [0.5, 0.6) is 0 Å². The molecule has 0 atom stereocenters. The average Bonchev–Trinajstić information content (AvgIpc) is 2.89. The summed E-state index contributed by atoms with van der Waals surface area (Å²) >= 11 is 0. The summed E-state index contributed by atoms with van der Waals surface area (Å²) in [5.74, 6) is 0. The summed E-state index contributed by atoms with van der Waals surface area (Å²) < 4.78 is 5.40. The Morgan fingerprint density at radius 1 is 1.21 bits per heavy atom. The minimum atomic E-state index is -0.472. The molecule has 0 unspecified atom stereocenters. The number of non-ortho nitro benzene ring substituents is 1. The van der Waals surface area contributed by atoms with Gasteiger partial charge in [-0.3, -0.25) is 10.1 Å². The molecular formula is C17H23N3O4. The third kappa shape index (κ3) is 3.29. The molecule has 2 heterocycles. The lowest BCUT2D eigenvalue weighted by molar-refractivity contribution is -0.384. The van der Waals surface area contributed by atoms with Crippen molar-refractivity contribution in [3.63, 3.8) is 0 Å². The van der Waals surface area contributed by atoms with Gasteiger partial charge in [0.05, 0.1) is 4.92 Å². The van der Waals surface area contributed by atoms with Crippen molar-refractivity contribution in [2.24, 2.45) is 5.41 Å². The summed E-state index contributed by atoms with van der Waals surface area (Å²) in [6.45, 7) is 8.80. The molecule has 24 heavy (non-hydrogen) atoms. The number of carbonyl (C=O) groups is 1. The highest BCUT2D eigenvalue weighted by atomic mass is 16.6. The van der Waals surface area contributed by atoms with Crippen molar-refractivity contribution in [2.45, 2.75) is 32.8 Å². The van der Waals surface area contributed by atoms with Crippen molar-refractivity contribution in [3.8, 4) is 0 Å². The molecule has 0 aliphatic carbocycles. The molecule has 3 rings (SSSR count). The van der Waals surface area contributed by atoms with Crippen molar-refractivity contribution in [1.82, 2.24) is 4.90 Å². The lowest BCUT2D eigenvalue weighted by Gasteiger charge is -2.47. The second kappa shape index (κ2) is 5.65. The molecule has 0 N–H and O–H groups in total. The third-order valence-corrected chi connectivity index (χ3v) is 4.57. The summed E-state index contributed by atoms with van der Waals surface area (Å²) in [4.78, 5) is 26.4. The molecule has 130 valence electrons. The molecule has 2 aliphatic rings. The molecule has 2 aliphatic heterocycles. The maximum absolute atomic E-state index is 12.1. The number of amides is 1. The van der Waals surface area contributed by atoms with Gasteiger partial charge in [0.1, 0.15) is 5.60 Å². The van der Waals surface area contributed by atoms with E-state index in [1.54, 1.807) is 17.0 Å². The molecule has 1 amide bonds. The maximum Gasteiger partial charge on any atom is 0.410 e. The van der Waals surface area contributed by atoms with Gasteiger partial charge in [0.15, 0.2) is 0 Å². The van der Waals surface area contributed by atoms with Crippen LogP contribution in [0.25, 0.3) is 0 Å². The molecule has 1 aromatic rings. The molecular weight excluding hydrogens is 310 g/mol. The molecule has 0 radical (unpaired) electrons. The lowest BCUT2D eigenvalue weighted by Crippen LogP contribution is -2.60. The SMILES string of the molecule is CC(C)(C)OC(=O)N1CC2(CCN(c3ccc([N+](=O)[O-])cc3)C2)C1. The van der Waals surface area contributed by atoms with Crippen LogP contribution in [0, 0.1) is 15.5 Å². The van der Waals surface area contributed by atoms with Crippen LogP contribution < -0.4 is 4.90 Å². The van der Waals surface area contributed by atoms with Crippen LogP contribution in [-0.4, -0.2) is 47.7 Å². The van der Waals surface area contributed by atoms with E-state index in [0.717, 1.165) is 25.2 Å². The van der Waals surface area contributed by atoms with Crippen LogP contribution in [0.1, 0.15) is 27.2 Å². The van der Waals surface area contributed by atoms with E-state index in [4.69, 9.17) is 4.74 Å². The van der Waals surface area contributed by atoms with E-state index >= 15 is 0 Å². The second-order valence-electron chi connectivity index (χ2n) is 7.78. The first-order chi connectivity index (χ1) is 11.2. The van der Waals surface area contributed by atoms with E-state index in [1.165, 1.54) is 12.1 Å². The molecule has 7 heteroatoms. The molecule has 2 fully saturated rings. The van der Waals surface area contributed by atoms with Crippen LogP contribution >= 0.6 is 0 Å². The summed E-state index contributed by atoms with van der Waals surface area (Å²) in [5, 5.41) is 10.7. The largest absolute Gasteiger partial charge is 0.444 e. The van der Waals surface area contributed by atoms with Crippen LogP contribution in [0.15, 0.2) is 24.3 Å².